The van der Waals surface area contributed by atoms with E-state index in [-0.39, 0.29) is 17.4 Å². The first-order chi connectivity index (χ1) is 8.62. The summed E-state index contributed by atoms with van der Waals surface area (Å²) in [5.41, 5.74) is 6.00. The van der Waals surface area contributed by atoms with E-state index in [0.29, 0.717) is 5.69 Å². The number of rotatable bonds is 4. The average Bonchev–Trinajstić information content (AvgIpc) is 2.39. The minimum Gasteiger partial charge on any atom is -0.325 e. The molecule has 0 radical (unpaired) electrons. The normalized spacial score (nSPS) is 11.2. The highest BCUT2D eigenvalue weighted by molar-refractivity contribution is 7.92. The van der Waals surface area contributed by atoms with Crippen molar-refractivity contribution in [3.05, 3.63) is 42.5 Å². The number of hydrogen-bond donors (Lipinski definition) is 2. The van der Waals surface area contributed by atoms with Crippen LogP contribution in [0.1, 0.15) is 5.69 Å². The van der Waals surface area contributed by atoms with Gasteiger partial charge in [-0.15, -0.1) is 0 Å². The predicted molar refractivity (Wildman–Crippen MR) is 65.0 cm³/mol. The number of sulfonamides is 1. The first kappa shape index (κ1) is 12.4. The zero-order chi connectivity index (χ0) is 13.0. The molecule has 2 aromatic rings. The van der Waals surface area contributed by atoms with Crippen molar-refractivity contribution in [2.75, 3.05) is 4.72 Å². The highest BCUT2D eigenvalue weighted by atomic mass is 32.2. The number of nitrogens with one attached hydrogen (secondary N) is 1. The SMILES string of the molecule is NCc1ccc(S(=O)(=O)Nc2ncccn2)cn1. The Morgan fingerprint density at radius 3 is 2.44 bits per heavy atom. The third-order valence-electron chi connectivity index (χ3n) is 2.11. The number of nitrogens with zero attached hydrogens (tertiary/aromatic N) is 3. The third-order valence-corrected chi connectivity index (χ3v) is 3.42. The highest BCUT2D eigenvalue weighted by Crippen LogP contribution is 2.11. The number of aromatic nitrogens is 3. The van der Waals surface area contributed by atoms with E-state index in [0.717, 1.165) is 0 Å². The Bertz CT molecular complexity index is 612. The zero-order valence-corrected chi connectivity index (χ0v) is 10.1. The van der Waals surface area contributed by atoms with Crippen molar-refractivity contribution in [2.24, 2.45) is 5.73 Å². The molecule has 0 amide bonds. The Hall–Kier alpha value is -2.06. The standard InChI is InChI=1S/C10H11N5O2S/c11-6-8-2-3-9(7-14-8)18(16,17)15-10-12-4-1-5-13-10/h1-5,7H,6,11H2,(H,12,13,15). The van der Waals surface area contributed by atoms with E-state index in [4.69, 9.17) is 5.73 Å². The monoisotopic (exact) mass is 265 g/mol. The molecule has 0 aromatic carbocycles. The maximum Gasteiger partial charge on any atom is 0.265 e. The Labute approximate surface area is 104 Å². The van der Waals surface area contributed by atoms with Crippen molar-refractivity contribution in [3.63, 3.8) is 0 Å². The van der Waals surface area contributed by atoms with Gasteiger partial charge in [0.05, 0.1) is 5.69 Å². The van der Waals surface area contributed by atoms with Gasteiger partial charge in [0.15, 0.2) is 0 Å². The summed E-state index contributed by atoms with van der Waals surface area (Å²) in [5.74, 6) is 0.0143. The van der Waals surface area contributed by atoms with E-state index in [1.54, 1.807) is 12.1 Å². The van der Waals surface area contributed by atoms with Crippen LogP contribution in [0.3, 0.4) is 0 Å². The lowest BCUT2D eigenvalue weighted by molar-refractivity contribution is 0.600. The van der Waals surface area contributed by atoms with E-state index in [1.807, 2.05) is 0 Å². The zero-order valence-electron chi connectivity index (χ0n) is 9.31. The molecule has 2 rings (SSSR count). The summed E-state index contributed by atoms with van der Waals surface area (Å²) in [6, 6.07) is 4.58. The molecular weight excluding hydrogens is 254 g/mol. The van der Waals surface area contributed by atoms with Crippen LogP contribution >= 0.6 is 0 Å². The Balaban J connectivity index is 2.25. The summed E-state index contributed by atoms with van der Waals surface area (Å²) in [5, 5.41) is 0. The summed E-state index contributed by atoms with van der Waals surface area (Å²) >= 11 is 0. The summed E-state index contributed by atoms with van der Waals surface area (Å²) < 4.78 is 26.1. The van der Waals surface area contributed by atoms with Crippen LogP contribution in [0.15, 0.2) is 41.7 Å². The van der Waals surface area contributed by atoms with E-state index in [1.165, 1.54) is 24.7 Å². The van der Waals surface area contributed by atoms with Crippen molar-refractivity contribution in [1.29, 1.82) is 0 Å². The van der Waals surface area contributed by atoms with E-state index < -0.39 is 10.0 Å². The molecule has 3 N–H and O–H groups in total. The van der Waals surface area contributed by atoms with Gasteiger partial charge in [-0.05, 0) is 18.2 Å². The van der Waals surface area contributed by atoms with Crippen molar-refractivity contribution in [3.8, 4) is 0 Å². The Kier molecular flexibility index (Phi) is 3.49. The second kappa shape index (κ2) is 5.07. The molecule has 18 heavy (non-hydrogen) atoms. The Morgan fingerprint density at radius 2 is 1.89 bits per heavy atom. The van der Waals surface area contributed by atoms with Crippen LogP contribution in [0.25, 0.3) is 0 Å². The number of pyridine rings is 1. The topological polar surface area (TPSA) is 111 Å². The predicted octanol–water partition coefficient (Wildman–Crippen LogP) is 0.131. The van der Waals surface area contributed by atoms with Gasteiger partial charge in [0.25, 0.3) is 10.0 Å². The van der Waals surface area contributed by atoms with Crippen LogP contribution in [0.4, 0.5) is 5.95 Å². The van der Waals surface area contributed by atoms with Crippen LogP contribution in [-0.4, -0.2) is 23.4 Å². The van der Waals surface area contributed by atoms with Gasteiger partial charge in [0.2, 0.25) is 5.95 Å². The summed E-state index contributed by atoms with van der Waals surface area (Å²) in [6.07, 6.45) is 4.13. The fourth-order valence-electron chi connectivity index (χ4n) is 1.22. The maximum absolute atomic E-state index is 11.9. The van der Waals surface area contributed by atoms with Crippen LogP contribution in [-0.2, 0) is 16.6 Å². The molecule has 0 fully saturated rings. The molecule has 7 nitrogen and oxygen atoms in total. The fourth-order valence-corrected chi connectivity index (χ4v) is 2.12. The molecular formula is C10H11N5O2S. The first-order valence-electron chi connectivity index (χ1n) is 5.06. The van der Waals surface area contributed by atoms with Crippen LogP contribution < -0.4 is 10.5 Å². The smallest absolute Gasteiger partial charge is 0.265 e. The minimum absolute atomic E-state index is 0.0143. The molecule has 0 saturated heterocycles. The van der Waals surface area contributed by atoms with Crippen molar-refractivity contribution >= 4 is 16.0 Å². The van der Waals surface area contributed by atoms with Gasteiger partial charge < -0.3 is 5.73 Å². The molecule has 0 bridgehead atoms. The van der Waals surface area contributed by atoms with Gasteiger partial charge in [-0.3, -0.25) is 4.98 Å². The van der Waals surface area contributed by atoms with Crippen LogP contribution in [0.2, 0.25) is 0 Å². The minimum atomic E-state index is -3.72. The highest BCUT2D eigenvalue weighted by Gasteiger charge is 2.15. The quantitative estimate of drug-likeness (QED) is 0.813. The third kappa shape index (κ3) is 2.79. The molecule has 2 aromatic heterocycles. The van der Waals surface area contributed by atoms with Gasteiger partial charge in [0, 0.05) is 25.1 Å². The van der Waals surface area contributed by atoms with E-state index >= 15 is 0 Å². The molecule has 2 heterocycles. The number of anilines is 1. The second-order valence-electron chi connectivity index (χ2n) is 3.37. The fraction of sp³-hybridized carbons (Fsp3) is 0.100. The van der Waals surface area contributed by atoms with Gasteiger partial charge in [0.1, 0.15) is 4.90 Å². The molecule has 0 aliphatic heterocycles. The lowest BCUT2D eigenvalue weighted by Crippen LogP contribution is -2.15. The van der Waals surface area contributed by atoms with E-state index in [9.17, 15) is 8.42 Å². The Morgan fingerprint density at radius 1 is 1.17 bits per heavy atom. The van der Waals surface area contributed by atoms with Gasteiger partial charge >= 0.3 is 0 Å². The van der Waals surface area contributed by atoms with Crippen molar-refractivity contribution in [1.82, 2.24) is 15.0 Å². The number of nitrogens with two attached hydrogens (primary N) is 1. The molecule has 0 atom stereocenters. The molecule has 0 unspecified atom stereocenters. The van der Waals surface area contributed by atoms with Gasteiger partial charge in [-0.2, -0.15) is 0 Å². The molecule has 94 valence electrons. The molecule has 0 aliphatic carbocycles. The lowest BCUT2D eigenvalue weighted by Gasteiger charge is -2.06. The van der Waals surface area contributed by atoms with Gasteiger partial charge in [-0.1, -0.05) is 0 Å². The molecule has 8 heteroatoms. The summed E-state index contributed by atoms with van der Waals surface area (Å²) in [7, 11) is -3.72. The summed E-state index contributed by atoms with van der Waals surface area (Å²) in [6.45, 7) is 0.259. The van der Waals surface area contributed by atoms with Gasteiger partial charge in [-0.25, -0.2) is 23.1 Å². The summed E-state index contributed by atoms with van der Waals surface area (Å²) in [4.78, 5) is 11.5. The number of hydrogen-bond acceptors (Lipinski definition) is 6. The lowest BCUT2D eigenvalue weighted by atomic mass is 10.4. The first-order valence-corrected chi connectivity index (χ1v) is 6.55. The largest absolute Gasteiger partial charge is 0.325 e. The molecule has 0 aliphatic rings. The van der Waals surface area contributed by atoms with Crippen LogP contribution in [0, 0.1) is 0 Å². The van der Waals surface area contributed by atoms with Crippen molar-refractivity contribution in [2.45, 2.75) is 11.4 Å². The molecule has 0 saturated carbocycles. The van der Waals surface area contributed by atoms with Crippen molar-refractivity contribution < 1.29 is 8.42 Å². The average molecular weight is 265 g/mol. The second-order valence-corrected chi connectivity index (χ2v) is 5.05. The maximum atomic E-state index is 11.9. The van der Waals surface area contributed by atoms with E-state index in [2.05, 4.69) is 19.7 Å². The molecule has 0 spiro atoms. The van der Waals surface area contributed by atoms with Crippen LogP contribution in [0.5, 0.6) is 0 Å².